The molecule has 5 heteroatoms. The standard InChI is InChI=1S/C20H25N3O2/c24-20(19-14-17(9-10-21-19)22-11-3-4-12-22)23(16-6-1-2-7-16)15-18-8-5-13-25-18/h5,8-10,13-14,16H,1-4,6-7,11-12,15H2. The van der Waals surface area contributed by atoms with Crippen LogP contribution in [-0.4, -0.2) is 34.9 Å². The summed E-state index contributed by atoms with van der Waals surface area (Å²) in [6, 6.07) is 8.06. The normalized spacial score (nSPS) is 18.0. The summed E-state index contributed by atoms with van der Waals surface area (Å²) in [6.45, 7) is 2.65. The molecule has 1 saturated carbocycles. The summed E-state index contributed by atoms with van der Waals surface area (Å²) in [5.41, 5.74) is 1.66. The van der Waals surface area contributed by atoms with Crippen molar-refractivity contribution in [1.82, 2.24) is 9.88 Å². The number of furan rings is 1. The van der Waals surface area contributed by atoms with Gasteiger partial charge in [0.2, 0.25) is 0 Å². The van der Waals surface area contributed by atoms with Crippen molar-refractivity contribution in [3.8, 4) is 0 Å². The monoisotopic (exact) mass is 339 g/mol. The third kappa shape index (κ3) is 3.55. The van der Waals surface area contributed by atoms with E-state index >= 15 is 0 Å². The fraction of sp³-hybridized carbons (Fsp3) is 0.500. The Balaban J connectivity index is 1.57. The number of nitrogens with zero attached hydrogens (tertiary/aromatic N) is 3. The van der Waals surface area contributed by atoms with E-state index in [1.807, 2.05) is 29.2 Å². The predicted octanol–water partition coefficient (Wildman–Crippen LogP) is 3.86. The van der Waals surface area contributed by atoms with Gasteiger partial charge in [-0.15, -0.1) is 0 Å². The van der Waals surface area contributed by atoms with Gasteiger partial charge in [0.25, 0.3) is 5.91 Å². The molecule has 1 saturated heterocycles. The van der Waals surface area contributed by atoms with Crippen molar-refractivity contribution in [1.29, 1.82) is 0 Å². The van der Waals surface area contributed by atoms with Crippen LogP contribution in [0, 0.1) is 0 Å². The lowest BCUT2D eigenvalue weighted by molar-refractivity contribution is 0.0643. The number of pyridine rings is 1. The average Bonchev–Trinajstić information content (AvgIpc) is 3.42. The number of amides is 1. The third-order valence-corrected chi connectivity index (χ3v) is 5.37. The molecule has 132 valence electrons. The fourth-order valence-electron chi connectivity index (χ4n) is 4.01. The molecule has 3 heterocycles. The summed E-state index contributed by atoms with van der Waals surface area (Å²) < 4.78 is 5.49. The van der Waals surface area contributed by atoms with Crippen LogP contribution in [0.15, 0.2) is 41.1 Å². The van der Waals surface area contributed by atoms with Gasteiger partial charge in [-0.2, -0.15) is 0 Å². The first kappa shape index (κ1) is 16.2. The smallest absolute Gasteiger partial charge is 0.273 e. The highest BCUT2D eigenvalue weighted by molar-refractivity contribution is 5.93. The maximum absolute atomic E-state index is 13.2. The molecule has 5 nitrogen and oxygen atoms in total. The van der Waals surface area contributed by atoms with Crippen molar-refractivity contribution in [3.05, 3.63) is 48.2 Å². The number of rotatable bonds is 5. The van der Waals surface area contributed by atoms with Gasteiger partial charge in [0, 0.05) is 31.0 Å². The highest BCUT2D eigenvalue weighted by atomic mass is 16.3. The van der Waals surface area contributed by atoms with Crippen LogP contribution in [0.4, 0.5) is 5.69 Å². The molecule has 0 unspecified atom stereocenters. The van der Waals surface area contributed by atoms with Crippen molar-refractivity contribution < 1.29 is 9.21 Å². The van der Waals surface area contributed by atoms with E-state index in [1.54, 1.807) is 12.5 Å². The number of hydrogen-bond acceptors (Lipinski definition) is 4. The zero-order valence-electron chi connectivity index (χ0n) is 14.6. The van der Waals surface area contributed by atoms with E-state index in [0.717, 1.165) is 37.4 Å². The van der Waals surface area contributed by atoms with Gasteiger partial charge in [-0.1, -0.05) is 12.8 Å². The van der Waals surface area contributed by atoms with Crippen LogP contribution in [0.25, 0.3) is 0 Å². The van der Waals surface area contributed by atoms with Crippen molar-refractivity contribution >= 4 is 11.6 Å². The van der Waals surface area contributed by atoms with Crippen LogP contribution in [0.2, 0.25) is 0 Å². The van der Waals surface area contributed by atoms with Crippen LogP contribution in [0.3, 0.4) is 0 Å². The second-order valence-electron chi connectivity index (χ2n) is 7.04. The van der Waals surface area contributed by atoms with Gasteiger partial charge in [0.15, 0.2) is 0 Å². The summed E-state index contributed by atoms with van der Waals surface area (Å²) in [6.07, 6.45) is 10.4. The molecular weight excluding hydrogens is 314 g/mol. The topological polar surface area (TPSA) is 49.6 Å². The molecule has 0 spiro atoms. The number of carbonyl (C=O) groups is 1. The molecule has 0 atom stereocenters. The van der Waals surface area contributed by atoms with Crippen LogP contribution < -0.4 is 4.90 Å². The molecule has 2 aromatic rings. The first-order valence-corrected chi connectivity index (χ1v) is 9.35. The minimum atomic E-state index is 0.0179. The second-order valence-corrected chi connectivity index (χ2v) is 7.04. The minimum Gasteiger partial charge on any atom is -0.467 e. The largest absolute Gasteiger partial charge is 0.467 e. The molecule has 2 fully saturated rings. The number of aromatic nitrogens is 1. The van der Waals surface area contributed by atoms with Crippen molar-refractivity contribution in [2.24, 2.45) is 0 Å². The Morgan fingerprint density at radius 2 is 2.00 bits per heavy atom. The van der Waals surface area contributed by atoms with E-state index in [2.05, 4.69) is 9.88 Å². The maximum Gasteiger partial charge on any atom is 0.273 e. The molecule has 2 aromatic heterocycles. The lowest BCUT2D eigenvalue weighted by Gasteiger charge is -2.28. The Hall–Kier alpha value is -2.30. The van der Waals surface area contributed by atoms with E-state index in [4.69, 9.17) is 4.42 Å². The van der Waals surface area contributed by atoms with Crippen LogP contribution in [-0.2, 0) is 6.54 Å². The fourth-order valence-corrected chi connectivity index (χ4v) is 4.01. The van der Waals surface area contributed by atoms with Gasteiger partial charge in [0.05, 0.1) is 12.8 Å². The van der Waals surface area contributed by atoms with E-state index in [-0.39, 0.29) is 11.9 Å². The average molecular weight is 339 g/mol. The van der Waals surface area contributed by atoms with Crippen molar-refractivity contribution in [2.75, 3.05) is 18.0 Å². The highest BCUT2D eigenvalue weighted by Gasteiger charge is 2.29. The molecule has 1 aliphatic carbocycles. The lowest BCUT2D eigenvalue weighted by atomic mass is 10.1. The molecule has 4 rings (SSSR count). The second kappa shape index (κ2) is 7.30. The molecule has 2 aliphatic rings. The predicted molar refractivity (Wildman–Crippen MR) is 96.5 cm³/mol. The third-order valence-electron chi connectivity index (χ3n) is 5.37. The summed E-state index contributed by atoms with van der Waals surface area (Å²) in [7, 11) is 0. The number of hydrogen-bond donors (Lipinski definition) is 0. The van der Waals surface area contributed by atoms with E-state index in [9.17, 15) is 4.79 Å². The first-order chi connectivity index (χ1) is 12.3. The van der Waals surface area contributed by atoms with E-state index in [1.165, 1.54) is 25.7 Å². The molecule has 0 aromatic carbocycles. The zero-order valence-corrected chi connectivity index (χ0v) is 14.6. The first-order valence-electron chi connectivity index (χ1n) is 9.35. The summed E-state index contributed by atoms with van der Waals surface area (Å²) >= 11 is 0. The Bertz CT molecular complexity index is 701. The Labute approximate surface area is 148 Å². The SMILES string of the molecule is O=C(c1cc(N2CCCC2)ccn1)N(Cc1ccco1)C1CCCC1. The van der Waals surface area contributed by atoms with Crippen LogP contribution in [0.5, 0.6) is 0 Å². The molecule has 0 radical (unpaired) electrons. The van der Waals surface area contributed by atoms with Crippen molar-refractivity contribution in [2.45, 2.75) is 51.1 Å². The molecule has 0 bridgehead atoms. The summed E-state index contributed by atoms with van der Waals surface area (Å²) in [4.78, 5) is 21.9. The molecule has 25 heavy (non-hydrogen) atoms. The zero-order chi connectivity index (χ0) is 17.1. The van der Waals surface area contributed by atoms with Crippen LogP contribution in [0.1, 0.15) is 54.8 Å². The molecular formula is C20H25N3O2. The van der Waals surface area contributed by atoms with Gasteiger partial charge in [0.1, 0.15) is 11.5 Å². The van der Waals surface area contributed by atoms with E-state index < -0.39 is 0 Å². The van der Waals surface area contributed by atoms with E-state index in [0.29, 0.717) is 12.2 Å². The summed E-state index contributed by atoms with van der Waals surface area (Å²) in [5, 5.41) is 0. The molecule has 1 aliphatic heterocycles. The number of carbonyl (C=O) groups excluding carboxylic acids is 1. The maximum atomic E-state index is 13.2. The van der Waals surface area contributed by atoms with Crippen LogP contribution >= 0.6 is 0 Å². The minimum absolute atomic E-state index is 0.0179. The lowest BCUT2D eigenvalue weighted by Crippen LogP contribution is -2.38. The van der Waals surface area contributed by atoms with Gasteiger partial charge in [-0.3, -0.25) is 9.78 Å². The molecule has 1 amide bonds. The Morgan fingerprint density at radius 1 is 1.20 bits per heavy atom. The number of anilines is 1. The Morgan fingerprint density at radius 3 is 2.72 bits per heavy atom. The van der Waals surface area contributed by atoms with Gasteiger partial charge in [-0.25, -0.2) is 0 Å². The van der Waals surface area contributed by atoms with Crippen molar-refractivity contribution in [3.63, 3.8) is 0 Å². The Kier molecular flexibility index (Phi) is 4.72. The van der Waals surface area contributed by atoms with Gasteiger partial charge in [-0.05, 0) is 49.9 Å². The molecule has 0 N–H and O–H groups in total. The van der Waals surface area contributed by atoms with Gasteiger partial charge >= 0.3 is 0 Å². The quantitative estimate of drug-likeness (QED) is 0.830. The summed E-state index contributed by atoms with van der Waals surface area (Å²) in [5.74, 6) is 0.847. The highest BCUT2D eigenvalue weighted by Crippen LogP contribution is 2.27. The van der Waals surface area contributed by atoms with Gasteiger partial charge < -0.3 is 14.2 Å².